The zero-order chi connectivity index (χ0) is 14.8. The molecule has 118 valence electrons. The first-order valence-electron chi connectivity index (χ1n) is 8.09. The molecule has 4 nitrogen and oxygen atoms in total. The molecule has 0 amide bonds. The topological polar surface area (TPSA) is 24.9 Å². The van der Waals surface area contributed by atoms with Gasteiger partial charge in [0.25, 0.3) is 0 Å². The smallest absolute Gasteiger partial charge is 0.0600 e. The molecule has 3 fully saturated rings. The molecule has 4 heteroatoms. The van der Waals surface area contributed by atoms with Crippen molar-refractivity contribution in [2.24, 2.45) is 0 Å². The Morgan fingerprint density at radius 3 is 2.25 bits per heavy atom. The standard InChI is InChI=1S/C16H32N2O2/c1-13(2)19-8-7-18-14-10-15(18)12-17(11-14)6-9-20-16(3,4)5/h13-15H,6-12H2,1-5H3. The van der Waals surface area contributed by atoms with Crippen molar-refractivity contribution in [3.8, 4) is 0 Å². The van der Waals surface area contributed by atoms with Crippen LogP contribution in [0.5, 0.6) is 0 Å². The molecular weight excluding hydrogens is 252 g/mol. The van der Waals surface area contributed by atoms with Gasteiger partial charge in [0.1, 0.15) is 0 Å². The number of piperidine rings is 1. The molecule has 0 aromatic carbocycles. The van der Waals surface area contributed by atoms with E-state index in [0.29, 0.717) is 6.10 Å². The highest BCUT2D eigenvalue weighted by molar-refractivity contribution is 5.00. The van der Waals surface area contributed by atoms with E-state index in [1.54, 1.807) is 0 Å². The van der Waals surface area contributed by atoms with E-state index in [2.05, 4.69) is 44.4 Å². The van der Waals surface area contributed by atoms with Crippen molar-refractivity contribution in [3.63, 3.8) is 0 Å². The average Bonchev–Trinajstić information content (AvgIpc) is 2.32. The number of hydrogen-bond acceptors (Lipinski definition) is 4. The Hall–Kier alpha value is -0.160. The van der Waals surface area contributed by atoms with Crippen LogP contribution in [-0.2, 0) is 9.47 Å². The van der Waals surface area contributed by atoms with Gasteiger partial charge in [-0.15, -0.1) is 0 Å². The maximum absolute atomic E-state index is 5.82. The van der Waals surface area contributed by atoms with Crippen molar-refractivity contribution in [3.05, 3.63) is 0 Å². The van der Waals surface area contributed by atoms with Crippen LogP contribution in [0.1, 0.15) is 41.0 Å². The van der Waals surface area contributed by atoms with E-state index in [0.717, 1.165) is 38.4 Å². The maximum atomic E-state index is 5.82. The monoisotopic (exact) mass is 284 g/mol. The van der Waals surface area contributed by atoms with Crippen LogP contribution in [0, 0.1) is 0 Å². The predicted octanol–water partition coefficient (Wildman–Crippen LogP) is 1.98. The number of nitrogens with zero attached hydrogens (tertiary/aromatic N) is 2. The van der Waals surface area contributed by atoms with Gasteiger partial charge < -0.3 is 9.47 Å². The molecule has 3 saturated heterocycles. The van der Waals surface area contributed by atoms with E-state index in [1.165, 1.54) is 19.5 Å². The second-order valence-corrected chi connectivity index (χ2v) is 7.42. The van der Waals surface area contributed by atoms with Gasteiger partial charge in [-0.2, -0.15) is 0 Å². The summed E-state index contributed by atoms with van der Waals surface area (Å²) in [5.41, 5.74) is -0.0150. The predicted molar refractivity (Wildman–Crippen MR) is 82.1 cm³/mol. The third kappa shape index (κ3) is 4.69. The van der Waals surface area contributed by atoms with Crippen LogP contribution < -0.4 is 0 Å². The van der Waals surface area contributed by atoms with E-state index in [1.807, 2.05) is 0 Å². The molecule has 3 aliphatic rings. The lowest BCUT2D eigenvalue weighted by Gasteiger charge is -2.56. The van der Waals surface area contributed by atoms with Gasteiger partial charge in [-0.1, -0.05) is 0 Å². The van der Waals surface area contributed by atoms with Crippen LogP contribution in [0.25, 0.3) is 0 Å². The normalized spacial score (nSPS) is 27.9. The summed E-state index contributed by atoms with van der Waals surface area (Å²) in [5.74, 6) is 0. The molecule has 3 rings (SSSR count). The summed E-state index contributed by atoms with van der Waals surface area (Å²) in [4.78, 5) is 5.19. The van der Waals surface area contributed by atoms with Gasteiger partial charge in [-0.3, -0.25) is 9.80 Å². The summed E-state index contributed by atoms with van der Waals surface area (Å²) in [6.45, 7) is 16.9. The van der Waals surface area contributed by atoms with Crippen LogP contribution in [0.15, 0.2) is 0 Å². The molecule has 0 spiro atoms. The van der Waals surface area contributed by atoms with E-state index in [4.69, 9.17) is 9.47 Å². The zero-order valence-corrected chi connectivity index (χ0v) is 13.9. The van der Waals surface area contributed by atoms with Crippen LogP contribution in [-0.4, -0.2) is 73.0 Å². The molecule has 0 aromatic rings. The summed E-state index contributed by atoms with van der Waals surface area (Å²) < 4.78 is 11.5. The quantitative estimate of drug-likeness (QED) is 0.714. The Labute approximate surface area is 124 Å². The van der Waals surface area contributed by atoms with Gasteiger partial charge in [0.15, 0.2) is 0 Å². The first-order chi connectivity index (χ1) is 9.35. The Morgan fingerprint density at radius 1 is 1.05 bits per heavy atom. The van der Waals surface area contributed by atoms with Crippen molar-refractivity contribution in [2.45, 2.75) is 64.8 Å². The summed E-state index contributed by atoms with van der Waals surface area (Å²) in [6.07, 6.45) is 1.72. The number of fused-ring (bicyclic) bond motifs is 2. The van der Waals surface area contributed by atoms with Crippen LogP contribution in [0.4, 0.5) is 0 Å². The highest BCUT2D eigenvalue weighted by atomic mass is 16.5. The molecule has 0 aliphatic carbocycles. The van der Waals surface area contributed by atoms with Gasteiger partial charge in [0, 0.05) is 38.3 Å². The third-order valence-corrected chi connectivity index (χ3v) is 4.16. The lowest BCUT2D eigenvalue weighted by atomic mass is 9.87. The fourth-order valence-corrected chi connectivity index (χ4v) is 3.20. The average molecular weight is 284 g/mol. The molecule has 2 atom stereocenters. The molecule has 3 aliphatic heterocycles. The second-order valence-electron chi connectivity index (χ2n) is 7.42. The Morgan fingerprint density at radius 2 is 1.70 bits per heavy atom. The van der Waals surface area contributed by atoms with Crippen molar-refractivity contribution < 1.29 is 9.47 Å². The van der Waals surface area contributed by atoms with E-state index in [-0.39, 0.29) is 5.60 Å². The molecule has 2 unspecified atom stereocenters. The lowest BCUT2D eigenvalue weighted by Crippen LogP contribution is -2.69. The van der Waals surface area contributed by atoms with Crippen molar-refractivity contribution in [2.75, 3.05) is 39.4 Å². The van der Waals surface area contributed by atoms with Crippen LogP contribution >= 0.6 is 0 Å². The van der Waals surface area contributed by atoms with Gasteiger partial charge in [0.2, 0.25) is 0 Å². The first kappa shape index (κ1) is 16.2. The fraction of sp³-hybridized carbons (Fsp3) is 1.00. The lowest BCUT2D eigenvalue weighted by molar-refractivity contribution is -0.0938. The number of hydrogen-bond donors (Lipinski definition) is 0. The SMILES string of the molecule is CC(C)OCCN1C2CC1CN(CCOC(C)(C)C)C2. The van der Waals surface area contributed by atoms with Crippen molar-refractivity contribution >= 4 is 0 Å². The number of ether oxygens (including phenoxy) is 2. The molecule has 0 aromatic heterocycles. The molecule has 0 N–H and O–H groups in total. The molecule has 2 bridgehead atoms. The van der Waals surface area contributed by atoms with Crippen molar-refractivity contribution in [1.82, 2.24) is 9.80 Å². The van der Waals surface area contributed by atoms with E-state index < -0.39 is 0 Å². The molecule has 3 heterocycles. The number of piperazine rings is 1. The molecule has 20 heavy (non-hydrogen) atoms. The second kappa shape index (κ2) is 6.73. The molecule has 0 radical (unpaired) electrons. The third-order valence-electron chi connectivity index (χ3n) is 4.16. The fourth-order valence-electron chi connectivity index (χ4n) is 3.20. The van der Waals surface area contributed by atoms with Gasteiger partial charge in [-0.05, 0) is 41.0 Å². The first-order valence-corrected chi connectivity index (χ1v) is 8.09. The summed E-state index contributed by atoms with van der Waals surface area (Å²) >= 11 is 0. The molecular formula is C16H32N2O2. The largest absolute Gasteiger partial charge is 0.377 e. The molecule has 0 saturated carbocycles. The van der Waals surface area contributed by atoms with Gasteiger partial charge in [-0.25, -0.2) is 0 Å². The highest BCUT2D eigenvalue weighted by Crippen LogP contribution is 2.31. The zero-order valence-electron chi connectivity index (χ0n) is 13.9. The van der Waals surface area contributed by atoms with Crippen molar-refractivity contribution in [1.29, 1.82) is 0 Å². The Bertz CT molecular complexity index is 289. The van der Waals surface area contributed by atoms with Crippen LogP contribution in [0.2, 0.25) is 0 Å². The number of rotatable bonds is 7. The Balaban J connectivity index is 1.62. The van der Waals surface area contributed by atoms with Gasteiger partial charge >= 0.3 is 0 Å². The minimum Gasteiger partial charge on any atom is -0.377 e. The van der Waals surface area contributed by atoms with E-state index in [9.17, 15) is 0 Å². The Kier molecular flexibility index (Phi) is 5.46. The maximum Gasteiger partial charge on any atom is 0.0600 e. The summed E-state index contributed by atoms with van der Waals surface area (Å²) in [6, 6.07) is 1.50. The van der Waals surface area contributed by atoms with E-state index >= 15 is 0 Å². The van der Waals surface area contributed by atoms with Gasteiger partial charge in [0.05, 0.1) is 24.9 Å². The van der Waals surface area contributed by atoms with Crippen LogP contribution in [0.3, 0.4) is 0 Å². The highest BCUT2D eigenvalue weighted by Gasteiger charge is 2.43. The summed E-state index contributed by atoms with van der Waals surface area (Å²) in [5, 5.41) is 0. The summed E-state index contributed by atoms with van der Waals surface area (Å²) in [7, 11) is 0. The minimum absolute atomic E-state index is 0.0150. The minimum atomic E-state index is -0.0150.